The van der Waals surface area contributed by atoms with Crippen molar-refractivity contribution < 1.29 is 4.79 Å². The lowest BCUT2D eigenvalue weighted by Crippen LogP contribution is -2.02. The molecule has 0 fully saturated rings. The molecule has 0 aromatic heterocycles. The number of benzene rings is 2. The predicted octanol–water partition coefficient (Wildman–Crippen LogP) is 5.19. The minimum Gasteiger partial charge on any atom is -0.293 e. The number of carbonyl (C=O) groups is 1. The van der Waals surface area contributed by atoms with Gasteiger partial charge in [-0.1, -0.05) is 50.1 Å². The molecule has 0 spiro atoms. The Morgan fingerprint density at radius 2 is 1.67 bits per heavy atom. The third kappa shape index (κ3) is 3.70. The molecule has 0 radical (unpaired) electrons. The predicted molar refractivity (Wildman–Crippen MR) is 83.3 cm³/mol. The molecule has 0 bridgehead atoms. The summed E-state index contributed by atoms with van der Waals surface area (Å²) < 4.78 is 1.90. The van der Waals surface area contributed by atoms with Crippen LogP contribution in [0.4, 0.5) is 0 Å². The van der Waals surface area contributed by atoms with Crippen molar-refractivity contribution in [1.82, 2.24) is 0 Å². The SMILES string of the molecule is O=C(CSc1ccc(Br)cc1)c1ccccc1Br. The van der Waals surface area contributed by atoms with E-state index in [1.807, 2.05) is 48.5 Å². The smallest absolute Gasteiger partial charge is 0.174 e. The Kier molecular flexibility index (Phi) is 5.03. The van der Waals surface area contributed by atoms with Gasteiger partial charge in [0.1, 0.15) is 0 Å². The number of hydrogen-bond donors (Lipinski definition) is 0. The largest absolute Gasteiger partial charge is 0.293 e. The van der Waals surface area contributed by atoms with Gasteiger partial charge in [-0.15, -0.1) is 11.8 Å². The minimum atomic E-state index is 0.135. The maximum atomic E-state index is 12.0. The number of halogens is 2. The molecule has 0 aliphatic carbocycles. The summed E-state index contributed by atoms with van der Waals surface area (Å²) >= 11 is 8.34. The first-order chi connectivity index (χ1) is 8.66. The first-order valence-electron chi connectivity index (χ1n) is 5.33. The van der Waals surface area contributed by atoms with Gasteiger partial charge in [0.05, 0.1) is 5.75 Å². The average molecular weight is 386 g/mol. The molecule has 0 heterocycles. The summed E-state index contributed by atoms with van der Waals surface area (Å²) in [5.74, 6) is 0.583. The lowest BCUT2D eigenvalue weighted by molar-refractivity contribution is 0.102. The van der Waals surface area contributed by atoms with Crippen LogP contribution >= 0.6 is 43.6 Å². The van der Waals surface area contributed by atoms with Crippen LogP contribution in [0.15, 0.2) is 62.4 Å². The van der Waals surface area contributed by atoms with Gasteiger partial charge in [0.15, 0.2) is 5.78 Å². The van der Waals surface area contributed by atoms with Gasteiger partial charge in [0, 0.05) is 19.4 Å². The molecular formula is C14H10Br2OS. The van der Waals surface area contributed by atoms with Crippen molar-refractivity contribution in [2.24, 2.45) is 0 Å². The quantitative estimate of drug-likeness (QED) is 0.532. The van der Waals surface area contributed by atoms with Crippen LogP contribution in [0.3, 0.4) is 0 Å². The molecule has 0 N–H and O–H groups in total. The Labute approximate surface area is 127 Å². The standard InChI is InChI=1S/C14H10Br2OS/c15-10-5-7-11(8-6-10)18-9-14(17)12-3-1-2-4-13(12)16/h1-8H,9H2. The van der Waals surface area contributed by atoms with Crippen molar-refractivity contribution in [3.05, 3.63) is 63.0 Å². The molecule has 18 heavy (non-hydrogen) atoms. The van der Waals surface area contributed by atoms with Gasteiger partial charge in [-0.25, -0.2) is 0 Å². The molecule has 2 rings (SSSR count). The van der Waals surface area contributed by atoms with E-state index in [9.17, 15) is 4.79 Å². The first-order valence-corrected chi connectivity index (χ1v) is 7.90. The van der Waals surface area contributed by atoms with Gasteiger partial charge in [-0.05, 0) is 30.3 Å². The fourth-order valence-corrected chi connectivity index (χ4v) is 3.00. The molecule has 2 aromatic rings. The van der Waals surface area contributed by atoms with E-state index < -0.39 is 0 Å². The van der Waals surface area contributed by atoms with Gasteiger partial charge in [0.25, 0.3) is 0 Å². The Morgan fingerprint density at radius 1 is 1.00 bits per heavy atom. The van der Waals surface area contributed by atoms with Gasteiger partial charge in [-0.2, -0.15) is 0 Å². The van der Waals surface area contributed by atoms with E-state index in [0.717, 1.165) is 19.4 Å². The van der Waals surface area contributed by atoms with Crippen molar-refractivity contribution in [1.29, 1.82) is 0 Å². The van der Waals surface area contributed by atoms with Crippen molar-refractivity contribution in [2.45, 2.75) is 4.90 Å². The third-order valence-electron chi connectivity index (χ3n) is 2.36. The van der Waals surface area contributed by atoms with Crippen molar-refractivity contribution in [3.63, 3.8) is 0 Å². The van der Waals surface area contributed by atoms with E-state index in [2.05, 4.69) is 31.9 Å². The third-order valence-corrected chi connectivity index (χ3v) is 4.59. The Bertz CT molecular complexity index is 552. The zero-order valence-electron chi connectivity index (χ0n) is 9.40. The van der Waals surface area contributed by atoms with E-state index in [1.165, 1.54) is 0 Å². The normalized spacial score (nSPS) is 10.3. The molecule has 0 unspecified atom stereocenters. The number of hydrogen-bond acceptors (Lipinski definition) is 2. The van der Waals surface area contributed by atoms with Crippen LogP contribution in [-0.2, 0) is 0 Å². The van der Waals surface area contributed by atoms with Crippen LogP contribution in [0.1, 0.15) is 10.4 Å². The van der Waals surface area contributed by atoms with Crippen LogP contribution in [0.25, 0.3) is 0 Å². The molecular weight excluding hydrogens is 376 g/mol. The van der Waals surface area contributed by atoms with E-state index >= 15 is 0 Å². The molecule has 0 aliphatic rings. The molecule has 0 atom stereocenters. The second-order valence-corrected chi connectivity index (χ2v) is 6.46. The zero-order valence-corrected chi connectivity index (χ0v) is 13.4. The van der Waals surface area contributed by atoms with Crippen LogP contribution in [-0.4, -0.2) is 11.5 Å². The van der Waals surface area contributed by atoms with E-state index in [4.69, 9.17) is 0 Å². The zero-order chi connectivity index (χ0) is 13.0. The Morgan fingerprint density at radius 3 is 2.33 bits per heavy atom. The number of rotatable bonds is 4. The highest BCUT2D eigenvalue weighted by molar-refractivity contribution is 9.10. The number of ketones is 1. The maximum Gasteiger partial charge on any atom is 0.174 e. The maximum absolute atomic E-state index is 12.0. The highest BCUT2D eigenvalue weighted by atomic mass is 79.9. The fraction of sp³-hybridized carbons (Fsp3) is 0.0714. The molecule has 1 nitrogen and oxygen atoms in total. The summed E-state index contributed by atoms with van der Waals surface area (Å²) in [5, 5.41) is 0. The number of Topliss-reactive ketones (excluding diaryl/α,β-unsaturated/α-hetero) is 1. The van der Waals surface area contributed by atoms with E-state index in [0.29, 0.717) is 5.75 Å². The van der Waals surface area contributed by atoms with Gasteiger partial charge >= 0.3 is 0 Å². The topological polar surface area (TPSA) is 17.1 Å². The molecule has 4 heteroatoms. The summed E-state index contributed by atoms with van der Waals surface area (Å²) in [6, 6.07) is 15.5. The lowest BCUT2D eigenvalue weighted by Gasteiger charge is -2.03. The first kappa shape index (κ1) is 13.8. The second-order valence-electron chi connectivity index (χ2n) is 3.65. The summed E-state index contributed by atoms with van der Waals surface area (Å²) in [4.78, 5) is 13.1. The molecule has 0 saturated carbocycles. The van der Waals surface area contributed by atoms with E-state index in [1.54, 1.807) is 11.8 Å². The number of carbonyl (C=O) groups excluding carboxylic acids is 1. The van der Waals surface area contributed by atoms with Crippen LogP contribution in [0.2, 0.25) is 0 Å². The highest BCUT2D eigenvalue weighted by Gasteiger charge is 2.09. The Hall–Kier alpha value is -0.580. The second kappa shape index (κ2) is 6.55. The summed E-state index contributed by atoms with van der Waals surface area (Å²) in [7, 11) is 0. The van der Waals surface area contributed by atoms with Crippen molar-refractivity contribution in [3.8, 4) is 0 Å². The van der Waals surface area contributed by atoms with Gasteiger partial charge in [0.2, 0.25) is 0 Å². The molecule has 0 saturated heterocycles. The fourth-order valence-electron chi connectivity index (χ4n) is 1.44. The highest BCUT2D eigenvalue weighted by Crippen LogP contribution is 2.23. The van der Waals surface area contributed by atoms with Gasteiger partial charge in [-0.3, -0.25) is 4.79 Å². The molecule has 0 amide bonds. The monoisotopic (exact) mass is 384 g/mol. The number of thioether (sulfide) groups is 1. The molecule has 0 aliphatic heterocycles. The summed E-state index contributed by atoms with van der Waals surface area (Å²) in [6.07, 6.45) is 0. The molecule has 2 aromatic carbocycles. The molecule has 92 valence electrons. The van der Waals surface area contributed by atoms with Crippen LogP contribution in [0.5, 0.6) is 0 Å². The van der Waals surface area contributed by atoms with Crippen molar-refractivity contribution >= 4 is 49.4 Å². The van der Waals surface area contributed by atoms with Crippen molar-refractivity contribution in [2.75, 3.05) is 5.75 Å². The minimum absolute atomic E-state index is 0.135. The average Bonchev–Trinajstić information content (AvgIpc) is 2.38. The lowest BCUT2D eigenvalue weighted by atomic mass is 10.1. The Balaban J connectivity index is 2.01. The van der Waals surface area contributed by atoms with Crippen LogP contribution in [0, 0.1) is 0 Å². The summed E-state index contributed by atoms with van der Waals surface area (Å²) in [6.45, 7) is 0. The summed E-state index contributed by atoms with van der Waals surface area (Å²) in [5.41, 5.74) is 0.738. The van der Waals surface area contributed by atoms with E-state index in [-0.39, 0.29) is 5.78 Å². The van der Waals surface area contributed by atoms with Crippen LogP contribution < -0.4 is 0 Å². The van der Waals surface area contributed by atoms with Gasteiger partial charge < -0.3 is 0 Å².